The minimum Gasteiger partial charge on any atom is -0.348 e. The van der Waals surface area contributed by atoms with E-state index in [1.807, 2.05) is 0 Å². The monoisotopic (exact) mass is 297 g/mol. The number of rotatable bonds is 4. The molecule has 0 spiro atoms. The number of amides is 1. The van der Waals surface area contributed by atoms with Crippen molar-refractivity contribution in [1.29, 1.82) is 0 Å². The lowest BCUT2D eigenvalue weighted by Crippen LogP contribution is -2.30. The molecule has 1 heterocycles. The highest BCUT2D eigenvalue weighted by Crippen LogP contribution is 2.35. The Hall–Kier alpha value is -1.34. The Morgan fingerprint density at radius 3 is 2.55 bits per heavy atom. The lowest BCUT2D eigenvalue weighted by Gasteiger charge is -2.28. The first kappa shape index (κ1) is 13.6. The molecule has 0 aliphatic heterocycles. The fraction of sp³-hybridized carbons (Fsp3) is 0.615. The van der Waals surface area contributed by atoms with Crippen LogP contribution in [-0.4, -0.2) is 24.9 Å². The Kier molecular flexibility index (Phi) is 3.13. The van der Waals surface area contributed by atoms with E-state index in [0.29, 0.717) is 11.6 Å². The maximum absolute atomic E-state index is 12.3. The molecule has 0 aromatic carbocycles. The third kappa shape index (κ3) is 2.47. The van der Waals surface area contributed by atoms with Gasteiger partial charge in [0.05, 0.1) is 0 Å². The Labute approximate surface area is 118 Å². The van der Waals surface area contributed by atoms with Gasteiger partial charge < -0.3 is 9.88 Å². The average molecular weight is 297 g/mol. The highest BCUT2D eigenvalue weighted by atomic mass is 32.2. The summed E-state index contributed by atoms with van der Waals surface area (Å²) in [6.45, 7) is 2.08. The third-order valence-electron chi connectivity index (χ3n) is 4.28. The second-order valence-corrected chi connectivity index (χ2v) is 7.45. The second-order valence-electron chi connectivity index (χ2n) is 5.89. The van der Waals surface area contributed by atoms with E-state index >= 15 is 0 Å². The molecule has 2 fully saturated rings. The fourth-order valence-electron chi connectivity index (χ4n) is 2.52. The van der Waals surface area contributed by atoms with Gasteiger partial charge in [-0.3, -0.25) is 4.79 Å². The summed E-state index contributed by atoms with van der Waals surface area (Å²) in [5, 5.41) is 8.09. The van der Waals surface area contributed by atoms with Crippen molar-refractivity contribution in [2.24, 2.45) is 11.1 Å². The number of hydrogen-bond donors (Lipinski definition) is 2. The van der Waals surface area contributed by atoms with Crippen molar-refractivity contribution in [3.63, 3.8) is 0 Å². The largest absolute Gasteiger partial charge is 0.348 e. The smallest absolute Gasteiger partial charge is 0.268 e. The summed E-state index contributed by atoms with van der Waals surface area (Å²) in [5.41, 5.74) is 0.401. The van der Waals surface area contributed by atoms with E-state index in [0.717, 1.165) is 25.7 Å². The fourth-order valence-corrected chi connectivity index (χ4v) is 3.06. The first-order chi connectivity index (χ1) is 9.36. The minimum absolute atomic E-state index is 0.0124. The molecule has 1 aromatic heterocycles. The van der Waals surface area contributed by atoms with Crippen LogP contribution < -0.4 is 10.5 Å². The van der Waals surface area contributed by atoms with Crippen molar-refractivity contribution >= 4 is 15.9 Å². The van der Waals surface area contributed by atoms with Crippen LogP contribution in [-0.2, 0) is 10.0 Å². The zero-order valence-corrected chi connectivity index (χ0v) is 12.2. The highest BCUT2D eigenvalue weighted by Gasteiger charge is 2.35. The first-order valence-electron chi connectivity index (χ1n) is 6.92. The van der Waals surface area contributed by atoms with Gasteiger partial charge in [-0.1, -0.05) is 6.92 Å². The molecule has 2 saturated carbocycles. The zero-order valence-electron chi connectivity index (χ0n) is 11.4. The van der Waals surface area contributed by atoms with Crippen LogP contribution >= 0.6 is 0 Å². The molecular formula is C13H19N3O3S. The van der Waals surface area contributed by atoms with Gasteiger partial charge >= 0.3 is 0 Å². The van der Waals surface area contributed by atoms with Crippen LogP contribution in [0, 0.1) is 5.92 Å². The van der Waals surface area contributed by atoms with E-state index < -0.39 is 10.0 Å². The molecule has 0 radical (unpaired) electrons. The number of sulfonamides is 1. The number of nitrogens with one attached hydrogen (secondary N) is 1. The molecule has 2 aliphatic rings. The predicted molar refractivity (Wildman–Crippen MR) is 73.7 cm³/mol. The molecule has 1 aromatic rings. The maximum Gasteiger partial charge on any atom is 0.268 e. The summed E-state index contributed by atoms with van der Waals surface area (Å²) in [7, 11) is -3.78. The molecule has 20 heavy (non-hydrogen) atoms. The topological polar surface area (TPSA) is 94.2 Å². The quantitative estimate of drug-likeness (QED) is 0.868. The van der Waals surface area contributed by atoms with Gasteiger partial charge in [-0.2, -0.15) is 0 Å². The van der Waals surface area contributed by atoms with E-state index in [1.54, 1.807) is 4.57 Å². The molecule has 7 heteroatoms. The Morgan fingerprint density at radius 1 is 1.45 bits per heavy atom. The zero-order chi connectivity index (χ0) is 14.5. The number of nitrogens with two attached hydrogens (primary N) is 1. The van der Waals surface area contributed by atoms with Crippen molar-refractivity contribution < 1.29 is 13.2 Å². The summed E-state index contributed by atoms with van der Waals surface area (Å²) >= 11 is 0. The molecular weight excluding hydrogens is 278 g/mol. The van der Waals surface area contributed by atoms with Gasteiger partial charge in [0.1, 0.15) is 10.6 Å². The minimum atomic E-state index is -3.78. The summed E-state index contributed by atoms with van der Waals surface area (Å²) < 4.78 is 24.7. The van der Waals surface area contributed by atoms with Gasteiger partial charge in [0, 0.05) is 18.3 Å². The number of nitrogens with zero attached hydrogens (tertiary/aromatic N) is 1. The summed E-state index contributed by atoms with van der Waals surface area (Å²) in [6.07, 6.45) is 5.52. The summed E-state index contributed by atoms with van der Waals surface area (Å²) in [4.78, 5) is 12.3. The lowest BCUT2D eigenvalue weighted by molar-refractivity contribution is 0.0934. The molecule has 0 bridgehead atoms. The molecule has 2 aliphatic carbocycles. The average Bonchev–Trinajstić information content (AvgIpc) is 2.79. The van der Waals surface area contributed by atoms with Crippen LogP contribution in [0.25, 0.3) is 0 Å². The van der Waals surface area contributed by atoms with Crippen LogP contribution in [0.3, 0.4) is 0 Å². The van der Waals surface area contributed by atoms with Crippen LogP contribution in [0.5, 0.6) is 0 Å². The van der Waals surface area contributed by atoms with E-state index in [2.05, 4.69) is 12.2 Å². The van der Waals surface area contributed by atoms with Gasteiger partial charge in [-0.05, 0) is 37.7 Å². The van der Waals surface area contributed by atoms with Crippen molar-refractivity contribution in [2.45, 2.75) is 49.6 Å². The highest BCUT2D eigenvalue weighted by molar-refractivity contribution is 7.89. The number of carbonyl (C=O) groups is 1. The Morgan fingerprint density at radius 2 is 2.10 bits per heavy atom. The van der Waals surface area contributed by atoms with Gasteiger partial charge in [0.15, 0.2) is 0 Å². The molecule has 3 N–H and O–H groups in total. The number of primary sulfonamides is 1. The van der Waals surface area contributed by atoms with E-state index in [1.165, 1.54) is 12.3 Å². The van der Waals surface area contributed by atoms with Crippen LogP contribution in [0.4, 0.5) is 0 Å². The van der Waals surface area contributed by atoms with Crippen LogP contribution in [0.15, 0.2) is 17.2 Å². The number of hydrogen-bond acceptors (Lipinski definition) is 3. The second kappa shape index (κ2) is 4.60. The Bertz CT molecular complexity index is 646. The lowest BCUT2D eigenvalue weighted by atomic mass is 9.93. The van der Waals surface area contributed by atoms with Crippen LogP contribution in [0.1, 0.15) is 49.1 Å². The van der Waals surface area contributed by atoms with Crippen molar-refractivity contribution in [2.75, 3.05) is 0 Å². The van der Waals surface area contributed by atoms with Crippen molar-refractivity contribution in [1.82, 2.24) is 9.88 Å². The number of carbonyl (C=O) groups excluding carboxylic acids is 1. The molecule has 0 saturated heterocycles. The van der Waals surface area contributed by atoms with E-state index in [4.69, 9.17) is 5.14 Å². The van der Waals surface area contributed by atoms with Gasteiger partial charge in [-0.25, -0.2) is 13.6 Å². The molecule has 110 valence electrons. The van der Waals surface area contributed by atoms with Gasteiger partial charge in [0.25, 0.3) is 5.91 Å². The Balaban J connectivity index is 1.90. The summed E-state index contributed by atoms with van der Waals surface area (Å²) in [6, 6.07) is 1.81. The van der Waals surface area contributed by atoms with Crippen molar-refractivity contribution in [3.8, 4) is 0 Å². The first-order valence-corrected chi connectivity index (χ1v) is 8.46. The third-order valence-corrected chi connectivity index (χ3v) is 5.16. The van der Waals surface area contributed by atoms with E-state index in [9.17, 15) is 13.2 Å². The molecule has 1 amide bonds. The normalized spacial score (nSPS) is 26.1. The SMILES string of the molecule is CC1CC1NC(=O)c1cc(S(N)(=O)=O)cn1C1CCC1. The van der Waals surface area contributed by atoms with Crippen molar-refractivity contribution in [3.05, 3.63) is 18.0 Å². The maximum atomic E-state index is 12.3. The standard InChI is InChI=1S/C13H19N3O3S/c1-8-5-11(8)15-13(17)12-6-10(20(14,18)19)7-16(12)9-3-2-4-9/h6-9,11H,2-5H2,1H3,(H,15,17)(H2,14,18,19). The molecule has 6 nitrogen and oxygen atoms in total. The van der Waals surface area contributed by atoms with E-state index in [-0.39, 0.29) is 22.9 Å². The predicted octanol–water partition coefficient (Wildman–Crippen LogP) is 0.999. The van der Waals surface area contributed by atoms with Crippen LogP contribution in [0.2, 0.25) is 0 Å². The van der Waals surface area contributed by atoms with Gasteiger partial charge in [-0.15, -0.1) is 0 Å². The number of aromatic nitrogens is 1. The summed E-state index contributed by atoms with van der Waals surface area (Å²) in [5.74, 6) is 0.296. The van der Waals surface area contributed by atoms with Gasteiger partial charge in [0.2, 0.25) is 10.0 Å². The molecule has 3 rings (SSSR count). The molecule has 2 atom stereocenters. The molecule has 2 unspecified atom stereocenters.